The predicted octanol–water partition coefficient (Wildman–Crippen LogP) is 5.11. The highest BCUT2D eigenvalue weighted by Crippen LogP contribution is 2.28. The second-order valence-electron chi connectivity index (χ2n) is 4.02. The molecule has 0 aliphatic carbocycles. The minimum Gasteiger partial charge on any atom is -0.492 e. The fourth-order valence-corrected chi connectivity index (χ4v) is 2.38. The number of anilines is 1. The number of hydrogen-bond acceptors (Lipinski definition) is 2. The Balaban J connectivity index is 2.04. The monoisotopic (exact) mass is 339 g/mol. The van der Waals surface area contributed by atoms with Crippen LogP contribution in [0.15, 0.2) is 46.9 Å². The fraction of sp³-hybridized carbons (Fsp3) is 0.200. The van der Waals surface area contributed by atoms with Crippen molar-refractivity contribution in [3.05, 3.63) is 57.5 Å². The molecule has 0 heterocycles. The molecule has 0 spiro atoms. The molecule has 0 unspecified atom stereocenters. The van der Waals surface area contributed by atoms with E-state index in [0.29, 0.717) is 11.6 Å². The van der Waals surface area contributed by atoms with Crippen LogP contribution in [0, 0.1) is 0 Å². The summed E-state index contributed by atoms with van der Waals surface area (Å²) in [5.41, 5.74) is 2.18. The maximum absolute atomic E-state index is 6.15. The third-order valence-corrected chi connectivity index (χ3v) is 3.74. The average Bonchev–Trinajstić information content (AvgIpc) is 2.41. The van der Waals surface area contributed by atoms with Crippen LogP contribution in [0.4, 0.5) is 5.69 Å². The molecule has 4 heteroatoms. The summed E-state index contributed by atoms with van der Waals surface area (Å²) in [6.07, 6.45) is 0. The lowest BCUT2D eigenvalue weighted by molar-refractivity contribution is 0.340. The molecule has 0 aliphatic heterocycles. The molecule has 0 aromatic heterocycles. The summed E-state index contributed by atoms with van der Waals surface area (Å²) in [6.45, 7) is 3.30. The number of halogens is 2. The number of hydrogen-bond donors (Lipinski definition) is 1. The van der Waals surface area contributed by atoms with Gasteiger partial charge in [0.15, 0.2) is 0 Å². The van der Waals surface area contributed by atoms with E-state index in [1.165, 1.54) is 5.56 Å². The van der Waals surface area contributed by atoms with Crippen molar-refractivity contribution in [2.24, 2.45) is 0 Å². The third-order valence-electron chi connectivity index (χ3n) is 2.67. The Kier molecular flexibility index (Phi) is 5.11. The second-order valence-corrected chi connectivity index (χ2v) is 5.28. The largest absolute Gasteiger partial charge is 0.492 e. The van der Waals surface area contributed by atoms with Gasteiger partial charge < -0.3 is 10.1 Å². The summed E-state index contributed by atoms with van der Waals surface area (Å²) in [7, 11) is 0. The number of ether oxygens (including phenoxy) is 1. The van der Waals surface area contributed by atoms with Crippen molar-refractivity contribution >= 4 is 33.2 Å². The van der Waals surface area contributed by atoms with Crippen LogP contribution in [0.3, 0.4) is 0 Å². The molecule has 2 aromatic rings. The summed E-state index contributed by atoms with van der Waals surface area (Å²) >= 11 is 9.68. The van der Waals surface area contributed by atoms with Crippen molar-refractivity contribution < 1.29 is 4.74 Å². The lowest BCUT2D eigenvalue weighted by Crippen LogP contribution is -2.00. The molecule has 19 heavy (non-hydrogen) atoms. The zero-order valence-corrected chi connectivity index (χ0v) is 13.0. The van der Waals surface area contributed by atoms with E-state index < -0.39 is 0 Å². The van der Waals surface area contributed by atoms with Gasteiger partial charge in [-0.2, -0.15) is 0 Å². The van der Waals surface area contributed by atoms with E-state index in [0.717, 1.165) is 22.5 Å². The topological polar surface area (TPSA) is 21.3 Å². The summed E-state index contributed by atoms with van der Waals surface area (Å²) < 4.78 is 6.50. The zero-order valence-electron chi connectivity index (χ0n) is 10.6. The Labute approximate surface area is 126 Å². The molecule has 2 aromatic carbocycles. The molecule has 0 aliphatic rings. The van der Waals surface area contributed by atoms with Gasteiger partial charge in [-0.1, -0.05) is 45.7 Å². The van der Waals surface area contributed by atoms with Crippen LogP contribution in [0.1, 0.15) is 12.5 Å². The molecular weight excluding hydrogens is 326 g/mol. The maximum atomic E-state index is 6.15. The van der Waals surface area contributed by atoms with Crippen LogP contribution in [-0.2, 0) is 6.54 Å². The highest BCUT2D eigenvalue weighted by molar-refractivity contribution is 9.10. The Morgan fingerprint density at radius 2 is 2.00 bits per heavy atom. The molecule has 2 rings (SSSR count). The molecule has 0 amide bonds. The summed E-state index contributed by atoms with van der Waals surface area (Å²) in [4.78, 5) is 0. The van der Waals surface area contributed by atoms with Crippen molar-refractivity contribution in [2.45, 2.75) is 13.5 Å². The van der Waals surface area contributed by atoms with Crippen molar-refractivity contribution in [3.8, 4) is 5.75 Å². The van der Waals surface area contributed by atoms with Crippen LogP contribution >= 0.6 is 27.5 Å². The highest BCUT2D eigenvalue weighted by atomic mass is 79.9. The highest BCUT2D eigenvalue weighted by Gasteiger charge is 2.03. The molecule has 1 N–H and O–H groups in total. The molecule has 0 fully saturated rings. The van der Waals surface area contributed by atoms with Gasteiger partial charge in [0.05, 0.1) is 11.6 Å². The van der Waals surface area contributed by atoms with Crippen molar-refractivity contribution in [3.63, 3.8) is 0 Å². The second kappa shape index (κ2) is 6.83. The van der Waals surface area contributed by atoms with E-state index >= 15 is 0 Å². The van der Waals surface area contributed by atoms with E-state index in [9.17, 15) is 0 Å². The van der Waals surface area contributed by atoms with Crippen LogP contribution in [-0.4, -0.2) is 6.61 Å². The fourth-order valence-electron chi connectivity index (χ4n) is 1.72. The Hall–Kier alpha value is -1.19. The zero-order chi connectivity index (χ0) is 13.7. The lowest BCUT2D eigenvalue weighted by atomic mass is 10.2. The van der Waals surface area contributed by atoms with Crippen molar-refractivity contribution in [1.82, 2.24) is 0 Å². The normalized spacial score (nSPS) is 10.3. The Bertz CT molecular complexity index is 560. The standard InChI is InChI=1S/C15H15BrClNO/c1-2-19-15-8-7-12(9-14(15)17)18-10-11-5-3-4-6-13(11)16/h3-9,18H,2,10H2,1H3. The lowest BCUT2D eigenvalue weighted by Gasteiger charge is -2.10. The van der Waals surface area contributed by atoms with Crippen LogP contribution < -0.4 is 10.1 Å². The minimum atomic E-state index is 0.615. The quantitative estimate of drug-likeness (QED) is 0.816. The van der Waals surface area contributed by atoms with Crippen molar-refractivity contribution in [2.75, 3.05) is 11.9 Å². The minimum absolute atomic E-state index is 0.615. The first-order valence-corrected chi connectivity index (χ1v) is 7.27. The SMILES string of the molecule is CCOc1ccc(NCc2ccccc2Br)cc1Cl. The predicted molar refractivity (Wildman–Crippen MR) is 84.1 cm³/mol. The smallest absolute Gasteiger partial charge is 0.138 e. The first-order chi connectivity index (χ1) is 9.20. The third kappa shape index (κ3) is 3.88. The van der Waals surface area contributed by atoms with Gasteiger partial charge in [0, 0.05) is 16.7 Å². The average molecular weight is 341 g/mol. The van der Waals surface area contributed by atoms with E-state index in [4.69, 9.17) is 16.3 Å². The molecule has 0 bridgehead atoms. The molecule has 0 saturated heterocycles. The van der Waals surface area contributed by atoms with Crippen LogP contribution in [0.5, 0.6) is 5.75 Å². The van der Waals surface area contributed by atoms with Gasteiger partial charge in [0.25, 0.3) is 0 Å². The van der Waals surface area contributed by atoms with E-state index in [1.807, 2.05) is 43.3 Å². The molecule has 0 atom stereocenters. The Morgan fingerprint density at radius 1 is 1.21 bits per heavy atom. The van der Waals surface area contributed by atoms with Gasteiger partial charge >= 0.3 is 0 Å². The van der Waals surface area contributed by atoms with Crippen molar-refractivity contribution in [1.29, 1.82) is 0 Å². The molecule has 2 nitrogen and oxygen atoms in total. The van der Waals surface area contributed by atoms with Gasteiger partial charge in [0.1, 0.15) is 5.75 Å². The van der Waals surface area contributed by atoms with Gasteiger partial charge in [-0.25, -0.2) is 0 Å². The summed E-state index contributed by atoms with van der Waals surface area (Å²) in [5.74, 6) is 0.718. The number of nitrogens with one attached hydrogen (secondary N) is 1. The van der Waals surface area contributed by atoms with Crippen LogP contribution in [0.25, 0.3) is 0 Å². The van der Waals surface area contributed by atoms with Gasteiger partial charge in [0.2, 0.25) is 0 Å². The number of benzene rings is 2. The van der Waals surface area contributed by atoms with E-state index in [-0.39, 0.29) is 0 Å². The van der Waals surface area contributed by atoms with Crippen LogP contribution in [0.2, 0.25) is 5.02 Å². The first kappa shape index (κ1) is 14.2. The first-order valence-electron chi connectivity index (χ1n) is 6.10. The van der Waals surface area contributed by atoms with Gasteiger partial charge in [-0.3, -0.25) is 0 Å². The van der Waals surface area contributed by atoms with Gasteiger partial charge in [-0.05, 0) is 36.8 Å². The maximum Gasteiger partial charge on any atom is 0.138 e. The molecule has 0 radical (unpaired) electrons. The number of rotatable bonds is 5. The van der Waals surface area contributed by atoms with Gasteiger partial charge in [-0.15, -0.1) is 0 Å². The molecular formula is C15H15BrClNO. The summed E-state index contributed by atoms with van der Waals surface area (Å²) in [5, 5.41) is 3.97. The molecule has 0 saturated carbocycles. The summed E-state index contributed by atoms with van der Waals surface area (Å²) in [6, 6.07) is 13.9. The molecule has 100 valence electrons. The van der Waals surface area contributed by atoms with E-state index in [2.05, 4.69) is 27.3 Å². The van der Waals surface area contributed by atoms with E-state index in [1.54, 1.807) is 0 Å². The Morgan fingerprint density at radius 3 is 2.68 bits per heavy atom.